The van der Waals surface area contributed by atoms with Crippen molar-refractivity contribution in [1.82, 2.24) is 0 Å². The van der Waals surface area contributed by atoms with Crippen LogP contribution in [-0.4, -0.2) is 18.0 Å². The van der Waals surface area contributed by atoms with Crippen molar-refractivity contribution < 1.29 is 9.53 Å². The molecule has 1 aliphatic rings. The maximum atomic E-state index is 12.3. The Morgan fingerprint density at radius 3 is 2.29 bits per heavy atom. The third-order valence-electron chi connectivity index (χ3n) is 3.50. The number of ketones is 1. The fraction of sp³-hybridized carbons (Fsp3) is 0.857. The molecule has 0 N–H and O–H groups in total. The van der Waals surface area contributed by atoms with Crippen molar-refractivity contribution in [3.05, 3.63) is 0 Å². The lowest BCUT2D eigenvalue weighted by molar-refractivity contribution is -0.131. The summed E-state index contributed by atoms with van der Waals surface area (Å²) in [5.41, 5.74) is -1.37. The van der Waals surface area contributed by atoms with Crippen LogP contribution in [0.15, 0.2) is 0 Å². The van der Waals surface area contributed by atoms with Crippen LogP contribution in [0.3, 0.4) is 0 Å². The van der Waals surface area contributed by atoms with E-state index in [1.54, 1.807) is 0 Å². The number of carbonyl (C=O) groups is 1. The fourth-order valence-corrected chi connectivity index (χ4v) is 2.33. The molecule has 0 aromatic rings. The van der Waals surface area contributed by atoms with E-state index in [-0.39, 0.29) is 16.8 Å². The summed E-state index contributed by atoms with van der Waals surface area (Å²) in [5, 5.41) is 9.32. The van der Waals surface area contributed by atoms with Crippen molar-refractivity contribution >= 4 is 5.78 Å². The van der Waals surface area contributed by atoms with Crippen LogP contribution in [0.1, 0.15) is 53.9 Å². The van der Waals surface area contributed by atoms with Crippen molar-refractivity contribution in [3.63, 3.8) is 0 Å². The molecular weight excluding hydrogens is 214 g/mol. The molecule has 0 aromatic carbocycles. The minimum Gasteiger partial charge on any atom is -0.376 e. The predicted octanol–water partition coefficient (Wildman–Crippen LogP) is 3.09. The molecule has 1 unspecified atom stereocenters. The van der Waals surface area contributed by atoms with Gasteiger partial charge in [0, 0.05) is 12.0 Å². The van der Waals surface area contributed by atoms with E-state index in [0.717, 1.165) is 6.42 Å². The molecule has 3 nitrogen and oxygen atoms in total. The van der Waals surface area contributed by atoms with Crippen LogP contribution in [0.5, 0.6) is 0 Å². The zero-order valence-corrected chi connectivity index (χ0v) is 11.6. The Bertz CT molecular complexity index is 346. The van der Waals surface area contributed by atoms with Crippen LogP contribution in [0.4, 0.5) is 0 Å². The normalized spacial score (nSPS) is 28.1. The summed E-state index contributed by atoms with van der Waals surface area (Å²) in [7, 11) is 0. The van der Waals surface area contributed by atoms with Crippen molar-refractivity contribution in [1.29, 1.82) is 5.26 Å². The molecule has 1 saturated carbocycles. The molecule has 0 heterocycles. The molecule has 1 atom stereocenters. The predicted molar refractivity (Wildman–Crippen MR) is 66.4 cm³/mol. The Hall–Kier alpha value is -0.880. The first-order valence-electron chi connectivity index (χ1n) is 6.23. The summed E-state index contributed by atoms with van der Waals surface area (Å²) in [6.45, 7) is 10.3. The number of nitriles is 1. The van der Waals surface area contributed by atoms with Gasteiger partial charge in [-0.3, -0.25) is 4.79 Å². The number of nitrogens with zero attached hydrogens (tertiary/aromatic N) is 1. The number of hydrogen-bond acceptors (Lipinski definition) is 3. The van der Waals surface area contributed by atoms with Crippen molar-refractivity contribution in [3.8, 4) is 6.07 Å². The fourth-order valence-electron chi connectivity index (χ4n) is 2.33. The molecule has 0 radical (unpaired) electrons. The van der Waals surface area contributed by atoms with Crippen LogP contribution >= 0.6 is 0 Å². The highest BCUT2D eigenvalue weighted by Crippen LogP contribution is 2.47. The maximum absolute atomic E-state index is 12.3. The number of hydrogen-bond donors (Lipinski definition) is 0. The third-order valence-corrected chi connectivity index (χ3v) is 3.50. The molecule has 96 valence electrons. The van der Waals surface area contributed by atoms with E-state index in [2.05, 4.69) is 6.07 Å². The molecule has 1 fully saturated rings. The highest BCUT2D eigenvalue weighted by Gasteiger charge is 2.52. The second kappa shape index (κ2) is 4.42. The van der Waals surface area contributed by atoms with Gasteiger partial charge in [-0.15, -0.1) is 0 Å². The van der Waals surface area contributed by atoms with E-state index >= 15 is 0 Å². The van der Waals surface area contributed by atoms with Crippen molar-refractivity contribution in [2.45, 2.75) is 59.5 Å². The molecule has 0 bridgehead atoms. The average Bonchev–Trinajstić information content (AvgIpc) is 2.41. The van der Waals surface area contributed by atoms with Gasteiger partial charge in [-0.2, -0.15) is 5.26 Å². The number of rotatable bonds is 3. The van der Waals surface area contributed by atoms with Crippen LogP contribution in [0, 0.1) is 22.2 Å². The van der Waals surface area contributed by atoms with Gasteiger partial charge in [0.15, 0.2) is 5.78 Å². The van der Waals surface area contributed by atoms with E-state index in [0.29, 0.717) is 19.4 Å². The molecule has 3 heteroatoms. The summed E-state index contributed by atoms with van der Waals surface area (Å²) < 4.78 is 5.63. The molecule has 1 aliphatic carbocycles. The first-order valence-corrected chi connectivity index (χ1v) is 6.23. The smallest absolute Gasteiger partial charge is 0.158 e. The lowest BCUT2D eigenvalue weighted by atomic mass is 9.79. The highest BCUT2D eigenvalue weighted by atomic mass is 16.5. The van der Waals surface area contributed by atoms with Crippen LogP contribution in [-0.2, 0) is 9.53 Å². The van der Waals surface area contributed by atoms with E-state index in [1.807, 2.05) is 34.6 Å². The maximum Gasteiger partial charge on any atom is 0.158 e. The first kappa shape index (κ1) is 14.2. The molecule has 17 heavy (non-hydrogen) atoms. The van der Waals surface area contributed by atoms with Gasteiger partial charge in [-0.1, -0.05) is 13.8 Å². The van der Waals surface area contributed by atoms with Gasteiger partial charge in [0.1, 0.15) is 5.41 Å². The third kappa shape index (κ3) is 3.07. The van der Waals surface area contributed by atoms with Gasteiger partial charge in [0.25, 0.3) is 0 Å². The Morgan fingerprint density at radius 2 is 1.94 bits per heavy atom. The van der Waals surface area contributed by atoms with Crippen LogP contribution in [0.25, 0.3) is 0 Å². The zero-order chi connectivity index (χ0) is 13.3. The SMILES string of the molecule is CC(C)(C)OCCC1(C#N)CCC(C)(C)C1=O. The van der Waals surface area contributed by atoms with E-state index < -0.39 is 5.41 Å². The highest BCUT2D eigenvalue weighted by molar-refractivity contribution is 5.94. The van der Waals surface area contributed by atoms with Gasteiger partial charge < -0.3 is 4.74 Å². The molecule has 0 aliphatic heterocycles. The molecule has 0 aromatic heterocycles. The van der Waals surface area contributed by atoms with Crippen molar-refractivity contribution in [2.75, 3.05) is 6.61 Å². The van der Waals surface area contributed by atoms with Crippen molar-refractivity contribution in [2.24, 2.45) is 10.8 Å². The summed E-state index contributed by atoms with van der Waals surface area (Å²) >= 11 is 0. The molecular formula is C14H23NO2. The molecule has 0 spiro atoms. The number of Topliss-reactive ketones (excluding diaryl/α,β-unsaturated/α-hetero) is 1. The summed E-state index contributed by atoms with van der Waals surface area (Å²) in [6.07, 6.45) is 1.99. The Kier molecular flexibility index (Phi) is 3.69. The average molecular weight is 237 g/mol. The zero-order valence-electron chi connectivity index (χ0n) is 11.6. The minimum absolute atomic E-state index is 0.0880. The topological polar surface area (TPSA) is 50.1 Å². The Morgan fingerprint density at radius 1 is 1.35 bits per heavy atom. The van der Waals surface area contributed by atoms with Gasteiger partial charge in [0.2, 0.25) is 0 Å². The summed E-state index contributed by atoms with van der Waals surface area (Å²) in [4.78, 5) is 12.3. The van der Waals surface area contributed by atoms with Gasteiger partial charge >= 0.3 is 0 Å². The summed E-state index contributed by atoms with van der Waals surface area (Å²) in [6, 6.07) is 2.24. The number of ether oxygens (including phenoxy) is 1. The standard InChI is InChI=1S/C14H23NO2/c1-12(2,3)17-9-8-14(10-15)7-6-13(4,5)11(14)16/h6-9H2,1-5H3. The second-order valence-electron chi connectivity index (χ2n) is 6.62. The van der Waals surface area contributed by atoms with Crippen LogP contribution < -0.4 is 0 Å². The first-order chi connectivity index (χ1) is 7.63. The van der Waals surface area contributed by atoms with Gasteiger partial charge in [0.05, 0.1) is 11.7 Å². The van der Waals surface area contributed by atoms with E-state index in [4.69, 9.17) is 4.74 Å². The molecule has 1 rings (SSSR count). The summed E-state index contributed by atoms with van der Waals surface area (Å²) in [5.74, 6) is 0.0880. The lowest BCUT2D eigenvalue weighted by Gasteiger charge is -2.25. The largest absolute Gasteiger partial charge is 0.376 e. The number of carbonyl (C=O) groups excluding carboxylic acids is 1. The lowest BCUT2D eigenvalue weighted by Crippen LogP contribution is -2.33. The van der Waals surface area contributed by atoms with Gasteiger partial charge in [-0.05, 0) is 40.0 Å². The quantitative estimate of drug-likeness (QED) is 0.758. The monoisotopic (exact) mass is 237 g/mol. The molecule has 0 amide bonds. The molecule has 0 saturated heterocycles. The van der Waals surface area contributed by atoms with E-state index in [9.17, 15) is 10.1 Å². The second-order valence-corrected chi connectivity index (χ2v) is 6.62. The Balaban J connectivity index is 2.68. The minimum atomic E-state index is -0.811. The van der Waals surface area contributed by atoms with E-state index in [1.165, 1.54) is 0 Å². The van der Waals surface area contributed by atoms with Gasteiger partial charge in [-0.25, -0.2) is 0 Å². The van der Waals surface area contributed by atoms with Crippen LogP contribution in [0.2, 0.25) is 0 Å². The Labute approximate surface area is 104 Å².